The molecule has 5 nitrogen and oxygen atoms in total. The van der Waals surface area contributed by atoms with Gasteiger partial charge in [-0.3, -0.25) is 4.90 Å². The molecule has 0 amide bonds. The molecule has 2 aromatic rings. The lowest BCUT2D eigenvalue weighted by Crippen LogP contribution is -2.34. The summed E-state index contributed by atoms with van der Waals surface area (Å²) < 4.78 is 16.3. The first-order chi connectivity index (χ1) is 12.7. The van der Waals surface area contributed by atoms with Gasteiger partial charge in [-0.15, -0.1) is 0 Å². The summed E-state index contributed by atoms with van der Waals surface area (Å²) in [5.41, 5.74) is 4.85. The Morgan fingerprint density at radius 2 is 1.65 bits per heavy atom. The molecular formula is C21H25NO4. The topological polar surface area (TPSA) is 51.2 Å². The number of hydrogen-bond acceptors (Lipinski definition) is 5. The van der Waals surface area contributed by atoms with Gasteiger partial charge in [0.15, 0.2) is 23.0 Å². The number of ether oxygens (including phenoxy) is 3. The summed E-state index contributed by atoms with van der Waals surface area (Å²) >= 11 is 0. The number of rotatable bonds is 3. The number of aryl methyl sites for hydroxylation is 1. The molecule has 0 unspecified atom stereocenters. The molecule has 5 heteroatoms. The van der Waals surface area contributed by atoms with Crippen LogP contribution >= 0.6 is 0 Å². The van der Waals surface area contributed by atoms with Crippen molar-refractivity contribution in [2.45, 2.75) is 31.8 Å². The van der Waals surface area contributed by atoms with Crippen molar-refractivity contribution < 1.29 is 19.3 Å². The molecule has 0 saturated carbocycles. The van der Waals surface area contributed by atoms with Crippen LogP contribution < -0.4 is 14.2 Å². The van der Waals surface area contributed by atoms with E-state index in [4.69, 9.17) is 14.2 Å². The van der Waals surface area contributed by atoms with E-state index in [-0.39, 0.29) is 5.75 Å². The fourth-order valence-corrected chi connectivity index (χ4v) is 4.33. The van der Waals surface area contributed by atoms with Crippen LogP contribution in [0.2, 0.25) is 0 Å². The fraction of sp³-hybridized carbons (Fsp3) is 0.429. The van der Waals surface area contributed by atoms with Crippen LogP contribution in [-0.4, -0.2) is 37.9 Å². The van der Waals surface area contributed by atoms with Crippen molar-refractivity contribution in [2.24, 2.45) is 0 Å². The molecule has 0 aromatic heterocycles. The van der Waals surface area contributed by atoms with Crippen LogP contribution in [-0.2, 0) is 19.4 Å². The molecule has 2 aliphatic rings. The summed E-state index contributed by atoms with van der Waals surface area (Å²) in [6.45, 7) is 1.69. The predicted molar refractivity (Wildman–Crippen MR) is 99.4 cm³/mol. The van der Waals surface area contributed by atoms with Crippen LogP contribution in [0.4, 0.5) is 0 Å². The maximum absolute atomic E-state index is 10.6. The first-order valence-corrected chi connectivity index (χ1v) is 9.02. The molecule has 1 N–H and O–H groups in total. The first kappa shape index (κ1) is 17.0. The Balaban J connectivity index is 1.73. The lowest BCUT2D eigenvalue weighted by atomic mass is 9.89. The third-order valence-corrected chi connectivity index (χ3v) is 5.72. The molecule has 2 heterocycles. The number of aromatic hydroxyl groups is 1. The Hall–Kier alpha value is -2.40. The Morgan fingerprint density at radius 1 is 0.923 bits per heavy atom. The number of fused-ring (bicyclic) bond motifs is 4. The smallest absolute Gasteiger partial charge is 0.162 e. The predicted octanol–water partition coefficient (Wildman–Crippen LogP) is 3.46. The van der Waals surface area contributed by atoms with Gasteiger partial charge in [0.2, 0.25) is 0 Å². The lowest BCUT2D eigenvalue weighted by Gasteiger charge is -2.36. The van der Waals surface area contributed by atoms with Crippen molar-refractivity contribution >= 4 is 0 Å². The molecule has 4 rings (SSSR count). The molecule has 0 aliphatic carbocycles. The van der Waals surface area contributed by atoms with Crippen LogP contribution in [0.25, 0.3) is 0 Å². The standard InChI is InChI=1S/C21H25NO4/c1-24-18-7-5-13-4-6-17-15-11-20(26-3)19(25-2)10-14(15)8-9-22(17)12-16(13)21(18)23/h5,7,10-11,17,23H,4,6,8-9,12H2,1-3H3/t17-/m0/s1. The third-order valence-electron chi connectivity index (χ3n) is 5.72. The molecular weight excluding hydrogens is 330 g/mol. The minimum atomic E-state index is 0.281. The second-order valence-corrected chi connectivity index (χ2v) is 6.94. The Morgan fingerprint density at radius 3 is 2.38 bits per heavy atom. The van der Waals surface area contributed by atoms with Gasteiger partial charge in [-0.1, -0.05) is 6.07 Å². The van der Waals surface area contributed by atoms with E-state index in [0.717, 1.165) is 49.4 Å². The highest BCUT2D eigenvalue weighted by Gasteiger charge is 2.32. The van der Waals surface area contributed by atoms with Crippen molar-refractivity contribution in [2.75, 3.05) is 27.9 Å². The molecule has 138 valence electrons. The van der Waals surface area contributed by atoms with Gasteiger partial charge in [-0.05, 0) is 54.2 Å². The number of methoxy groups -OCH3 is 3. The lowest BCUT2D eigenvalue weighted by molar-refractivity contribution is 0.171. The highest BCUT2D eigenvalue weighted by atomic mass is 16.5. The number of phenolic OH excluding ortho intramolecular Hbond substituents is 1. The van der Waals surface area contributed by atoms with Crippen LogP contribution in [0.15, 0.2) is 24.3 Å². The summed E-state index contributed by atoms with van der Waals surface area (Å²) in [7, 11) is 4.95. The summed E-state index contributed by atoms with van der Waals surface area (Å²) in [5.74, 6) is 2.40. The summed E-state index contributed by atoms with van der Waals surface area (Å²) in [6.07, 6.45) is 2.91. The van der Waals surface area contributed by atoms with Gasteiger partial charge in [-0.25, -0.2) is 0 Å². The van der Waals surface area contributed by atoms with Crippen molar-refractivity contribution in [3.63, 3.8) is 0 Å². The number of benzene rings is 2. The van der Waals surface area contributed by atoms with E-state index in [1.807, 2.05) is 6.07 Å². The van der Waals surface area contributed by atoms with Crippen LogP contribution in [0.5, 0.6) is 23.0 Å². The van der Waals surface area contributed by atoms with Gasteiger partial charge in [0, 0.05) is 24.7 Å². The highest BCUT2D eigenvalue weighted by Crippen LogP contribution is 2.44. The van der Waals surface area contributed by atoms with E-state index in [1.165, 1.54) is 16.7 Å². The fourth-order valence-electron chi connectivity index (χ4n) is 4.33. The van der Waals surface area contributed by atoms with Gasteiger partial charge in [0.25, 0.3) is 0 Å². The molecule has 2 aliphatic heterocycles. The zero-order valence-electron chi connectivity index (χ0n) is 15.5. The van der Waals surface area contributed by atoms with Gasteiger partial charge in [0.1, 0.15) is 0 Å². The van der Waals surface area contributed by atoms with E-state index in [0.29, 0.717) is 11.8 Å². The monoisotopic (exact) mass is 355 g/mol. The van der Waals surface area contributed by atoms with E-state index in [1.54, 1.807) is 21.3 Å². The minimum Gasteiger partial charge on any atom is -0.504 e. The van der Waals surface area contributed by atoms with Gasteiger partial charge in [-0.2, -0.15) is 0 Å². The molecule has 1 atom stereocenters. The van der Waals surface area contributed by atoms with Crippen LogP contribution in [0.1, 0.15) is 34.7 Å². The molecule has 0 spiro atoms. The van der Waals surface area contributed by atoms with Crippen molar-refractivity contribution in [3.8, 4) is 23.0 Å². The maximum atomic E-state index is 10.6. The number of nitrogens with zero attached hydrogens (tertiary/aromatic N) is 1. The average molecular weight is 355 g/mol. The van der Waals surface area contributed by atoms with Gasteiger partial charge >= 0.3 is 0 Å². The van der Waals surface area contributed by atoms with E-state index >= 15 is 0 Å². The largest absolute Gasteiger partial charge is 0.504 e. The molecule has 26 heavy (non-hydrogen) atoms. The van der Waals surface area contributed by atoms with Crippen LogP contribution in [0.3, 0.4) is 0 Å². The number of hydrogen-bond donors (Lipinski definition) is 1. The van der Waals surface area contributed by atoms with Crippen molar-refractivity contribution in [1.29, 1.82) is 0 Å². The summed E-state index contributed by atoms with van der Waals surface area (Å²) in [6, 6.07) is 8.50. The maximum Gasteiger partial charge on any atom is 0.162 e. The Kier molecular flexibility index (Phi) is 4.41. The van der Waals surface area contributed by atoms with Gasteiger partial charge < -0.3 is 19.3 Å². The molecule has 0 fully saturated rings. The molecule has 0 bridgehead atoms. The minimum absolute atomic E-state index is 0.281. The van der Waals surface area contributed by atoms with E-state index in [2.05, 4.69) is 23.1 Å². The molecule has 2 aromatic carbocycles. The summed E-state index contributed by atoms with van der Waals surface area (Å²) in [5, 5.41) is 10.6. The normalized spacial score (nSPS) is 19.0. The quantitative estimate of drug-likeness (QED) is 0.914. The van der Waals surface area contributed by atoms with Crippen molar-refractivity contribution in [3.05, 3.63) is 46.5 Å². The average Bonchev–Trinajstić information content (AvgIpc) is 2.87. The second kappa shape index (κ2) is 6.72. The Bertz CT molecular complexity index is 833. The number of phenols is 1. The SMILES string of the molecule is COc1cc2c(cc1OC)[C@@H]1CCc3ccc(OC)c(O)c3CN1CC2. The van der Waals surface area contributed by atoms with Crippen molar-refractivity contribution in [1.82, 2.24) is 4.90 Å². The van der Waals surface area contributed by atoms with E-state index < -0.39 is 0 Å². The zero-order chi connectivity index (χ0) is 18.3. The molecule has 0 saturated heterocycles. The zero-order valence-corrected chi connectivity index (χ0v) is 15.5. The van der Waals surface area contributed by atoms with Gasteiger partial charge in [0.05, 0.1) is 21.3 Å². The molecule has 0 radical (unpaired) electrons. The van der Waals surface area contributed by atoms with E-state index in [9.17, 15) is 5.11 Å². The van der Waals surface area contributed by atoms with Crippen LogP contribution in [0, 0.1) is 0 Å². The second-order valence-electron chi connectivity index (χ2n) is 6.94. The first-order valence-electron chi connectivity index (χ1n) is 9.02. The third kappa shape index (κ3) is 2.67. The highest BCUT2D eigenvalue weighted by molar-refractivity contribution is 5.52. The Labute approximate surface area is 154 Å². The summed E-state index contributed by atoms with van der Waals surface area (Å²) in [4.78, 5) is 2.46.